The van der Waals surface area contributed by atoms with Gasteiger partial charge in [-0.3, -0.25) is 9.59 Å². The van der Waals surface area contributed by atoms with Crippen molar-refractivity contribution in [2.75, 3.05) is 7.05 Å². The molecule has 1 saturated carbocycles. The fraction of sp³-hybridized carbons (Fsp3) is 0.538. The lowest BCUT2D eigenvalue weighted by molar-refractivity contribution is -0.127. The second-order valence-electron chi connectivity index (χ2n) is 4.94. The number of rotatable bonds is 3. The Morgan fingerprint density at radius 3 is 2.39 bits per heavy atom. The maximum absolute atomic E-state index is 12.4. The minimum Gasteiger partial charge on any atom is -0.368 e. The summed E-state index contributed by atoms with van der Waals surface area (Å²) in [4.78, 5) is 25.8. The monoisotopic (exact) mass is 266 g/mol. The summed E-state index contributed by atoms with van der Waals surface area (Å²) in [6.07, 6.45) is 3.24. The van der Waals surface area contributed by atoms with Crippen LogP contribution in [0.5, 0.6) is 0 Å². The number of thiophene rings is 1. The van der Waals surface area contributed by atoms with Gasteiger partial charge >= 0.3 is 0 Å². The van der Waals surface area contributed by atoms with Crippen LogP contribution in [0, 0.1) is 6.92 Å². The maximum Gasteiger partial charge on any atom is 0.255 e. The fourth-order valence-electron chi connectivity index (χ4n) is 2.66. The second-order valence-corrected chi connectivity index (χ2v) is 5.68. The molecular weight excluding hydrogens is 248 g/mol. The largest absolute Gasteiger partial charge is 0.368 e. The summed E-state index contributed by atoms with van der Waals surface area (Å²) in [5.74, 6) is -0.488. The minimum atomic E-state index is -0.786. The summed E-state index contributed by atoms with van der Waals surface area (Å²) in [6.45, 7) is 1.91. The lowest BCUT2D eigenvalue weighted by atomic mass is 9.94. The highest BCUT2D eigenvalue weighted by molar-refractivity contribution is 7.08. The number of primary amides is 1. The fourth-order valence-corrected chi connectivity index (χ4v) is 3.48. The van der Waals surface area contributed by atoms with Crippen molar-refractivity contribution >= 4 is 23.2 Å². The van der Waals surface area contributed by atoms with Crippen molar-refractivity contribution < 1.29 is 9.59 Å². The molecule has 0 unspecified atom stereocenters. The number of nitrogens with zero attached hydrogens (tertiary/aromatic N) is 1. The lowest BCUT2D eigenvalue weighted by Crippen LogP contribution is -2.56. The predicted octanol–water partition coefficient (Wildman–Crippen LogP) is 1.93. The molecule has 1 aliphatic rings. The van der Waals surface area contributed by atoms with Gasteiger partial charge in [0.25, 0.3) is 5.91 Å². The molecule has 0 aliphatic heterocycles. The van der Waals surface area contributed by atoms with Gasteiger partial charge in [0, 0.05) is 12.4 Å². The first-order chi connectivity index (χ1) is 8.49. The lowest BCUT2D eigenvalue weighted by Gasteiger charge is -2.36. The summed E-state index contributed by atoms with van der Waals surface area (Å²) >= 11 is 1.50. The highest BCUT2D eigenvalue weighted by Gasteiger charge is 2.45. The number of aryl methyl sites for hydroxylation is 1. The normalized spacial score (nSPS) is 17.7. The molecule has 2 rings (SSSR count). The van der Waals surface area contributed by atoms with Crippen molar-refractivity contribution in [3.8, 4) is 0 Å². The highest BCUT2D eigenvalue weighted by atomic mass is 32.1. The van der Waals surface area contributed by atoms with Crippen molar-refractivity contribution in [2.24, 2.45) is 5.73 Å². The van der Waals surface area contributed by atoms with Gasteiger partial charge in [-0.15, -0.1) is 0 Å². The molecule has 1 heterocycles. The Hall–Kier alpha value is -1.36. The molecule has 1 aliphatic carbocycles. The standard InChI is InChI=1S/C13H18N2O2S/c1-9-7-18-8-10(9)11(16)15(2)13(12(14)17)5-3-4-6-13/h7-8H,3-6H2,1-2H3,(H2,14,17). The summed E-state index contributed by atoms with van der Waals surface area (Å²) in [7, 11) is 1.69. The zero-order chi connectivity index (χ0) is 13.3. The Balaban J connectivity index is 2.30. The van der Waals surface area contributed by atoms with E-state index in [1.54, 1.807) is 11.9 Å². The zero-order valence-corrected chi connectivity index (χ0v) is 11.5. The third-order valence-electron chi connectivity index (χ3n) is 3.92. The second kappa shape index (κ2) is 4.72. The number of carbonyl (C=O) groups excluding carboxylic acids is 2. The average molecular weight is 266 g/mol. The molecule has 2 N–H and O–H groups in total. The zero-order valence-electron chi connectivity index (χ0n) is 10.7. The quantitative estimate of drug-likeness (QED) is 0.908. The van der Waals surface area contributed by atoms with Crippen LogP contribution < -0.4 is 5.73 Å². The van der Waals surface area contributed by atoms with Crippen molar-refractivity contribution in [3.05, 3.63) is 21.9 Å². The van der Waals surface area contributed by atoms with Crippen LogP contribution >= 0.6 is 11.3 Å². The number of carbonyl (C=O) groups is 2. The molecule has 0 spiro atoms. The Morgan fingerprint density at radius 2 is 1.94 bits per heavy atom. The van der Waals surface area contributed by atoms with Gasteiger partial charge in [-0.2, -0.15) is 11.3 Å². The van der Waals surface area contributed by atoms with Crippen molar-refractivity contribution in [3.63, 3.8) is 0 Å². The molecule has 0 aromatic carbocycles. The van der Waals surface area contributed by atoms with Crippen molar-refractivity contribution in [1.82, 2.24) is 4.90 Å². The van der Waals surface area contributed by atoms with E-state index in [9.17, 15) is 9.59 Å². The molecule has 1 aromatic rings. The van der Waals surface area contributed by atoms with Crippen molar-refractivity contribution in [1.29, 1.82) is 0 Å². The van der Waals surface area contributed by atoms with Gasteiger partial charge in [-0.05, 0) is 30.7 Å². The first-order valence-electron chi connectivity index (χ1n) is 6.10. The van der Waals surface area contributed by atoms with Gasteiger partial charge in [-0.1, -0.05) is 12.8 Å². The van der Waals surface area contributed by atoms with E-state index in [0.29, 0.717) is 18.4 Å². The van der Waals surface area contributed by atoms with E-state index >= 15 is 0 Å². The van der Waals surface area contributed by atoms with Crippen molar-refractivity contribution in [2.45, 2.75) is 38.1 Å². The number of nitrogens with two attached hydrogens (primary N) is 1. The van der Waals surface area contributed by atoms with Crippen LogP contribution in [0.4, 0.5) is 0 Å². The Bertz CT molecular complexity index is 475. The number of hydrogen-bond donors (Lipinski definition) is 1. The number of hydrogen-bond acceptors (Lipinski definition) is 3. The van der Waals surface area contributed by atoms with E-state index in [1.165, 1.54) is 11.3 Å². The molecular formula is C13H18N2O2S. The first kappa shape index (κ1) is 13.1. The van der Waals surface area contributed by atoms with E-state index in [-0.39, 0.29) is 11.8 Å². The van der Waals surface area contributed by atoms with Crippen LogP contribution in [-0.4, -0.2) is 29.3 Å². The molecule has 0 bridgehead atoms. The van der Waals surface area contributed by atoms with E-state index in [1.807, 2.05) is 17.7 Å². The minimum absolute atomic E-state index is 0.102. The van der Waals surface area contributed by atoms with Gasteiger partial charge in [0.2, 0.25) is 5.91 Å². The molecule has 1 aromatic heterocycles. The Morgan fingerprint density at radius 1 is 1.33 bits per heavy atom. The molecule has 18 heavy (non-hydrogen) atoms. The van der Waals surface area contributed by atoms with Crippen LogP contribution in [0.3, 0.4) is 0 Å². The molecule has 0 radical (unpaired) electrons. The van der Waals surface area contributed by atoms with Crippen LogP contribution in [0.15, 0.2) is 10.8 Å². The van der Waals surface area contributed by atoms with Gasteiger partial charge in [0.1, 0.15) is 5.54 Å². The van der Waals surface area contributed by atoms with Crippen LogP contribution in [0.2, 0.25) is 0 Å². The van der Waals surface area contributed by atoms with E-state index in [2.05, 4.69) is 0 Å². The first-order valence-corrected chi connectivity index (χ1v) is 7.04. The summed E-state index contributed by atoms with van der Waals surface area (Å²) < 4.78 is 0. The third-order valence-corrected chi connectivity index (χ3v) is 4.78. The predicted molar refractivity (Wildman–Crippen MR) is 71.5 cm³/mol. The smallest absolute Gasteiger partial charge is 0.255 e. The van der Waals surface area contributed by atoms with Gasteiger partial charge in [0.15, 0.2) is 0 Å². The maximum atomic E-state index is 12.4. The van der Waals surface area contributed by atoms with Gasteiger partial charge in [-0.25, -0.2) is 0 Å². The molecule has 0 atom stereocenters. The van der Waals surface area contributed by atoms with Crippen LogP contribution in [0.25, 0.3) is 0 Å². The van der Waals surface area contributed by atoms with Crippen LogP contribution in [0.1, 0.15) is 41.6 Å². The molecule has 98 valence electrons. The van der Waals surface area contributed by atoms with Gasteiger partial charge < -0.3 is 10.6 Å². The molecule has 4 nitrogen and oxygen atoms in total. The Labute approximate surface area is 111 Å². The van der Waals surface area contributed by atoms with E-state index in [0.717, 1.165) is 18.4 Å². The molecule has 0 saturated heterocycles. The molecule has 5 heteroatoms. The highest BCUT2D eigenvalue weighted by Crippen LogP contribution is 2.35. The number of likely N-dealkylation sites (N-methyl/N-ethyl adjacent to an activating group) is 1. The Kier molecular flexibility index (Phi) is 3.43. The molecule has 1 fully saturated rings. The topological polar surface area (TPSA) is 63.4 Å². The SMILES string of the molecule is Cc1cscc1C(=O)N(C)C1(C(N)=O)CCCC1. The summed E-state index contributed by atoms with van der Waals surface area (Å²) in [5.41, 5.74) is 6.38. The van der Waals surface area contributed by atoms with Gasteiger partial charge in [0.05, 0.1) is 5.56 Å². The summed E-state index contributed by atoms with van der Waals surface area (Å²) in [6, 6.07) is 0. The van der Waals surface area contributed by atoms with Crippen LogP contribution in [-0.2, 0) is 4.79 Å². The molecule has 2 amide bonds. The summed E-state index contributed by atoms with van der Waals surface area (Å²) in [5, 5.41) is 3.77. The van der Waals surface area contributed by atoms with E-state index < -0.39 is 5.54 Å². The average Bonchev–Trinajstić information content (AvgIpc) is 2.96. The number of amides is 2. The van der Waals surface area contributed by atoms with E-state index in [4.69, 9.17) is 5.73 Å². The third kappa shape index (κ3) is 1.92.